The molecule has 2 aromatic carbocycles. The highest BCUT2D eigenvalue weighted by atomic mass is 16.5. The Hall–Kier alpha value is -4.05. The van der Waals surface area contributed by atoms with Crippen LogP contribution in [0.2, 0.25) is 0 Å². The molecule has 1 saturated heterocycles. The summed E-state index contributed by atoms with van der Waals surface area (Å²) in [5.41, 5.74) is 5.11. The molecule has 1 saturated carbocycles. The van der Waals surface area contributed by atoms with E-state index in [4.69, 9.17) is 14.8 Å². The lowest BCUT2D eigenvalue weighted by Crippen LogP contribution is -2.49. The number of aromatic nitrogens is 3. The quantitative estimate of drug-likeness (QED) is 0.349. The minimum absolute atomic E-state index is 0.0000331. The summed E-state index contributed by atoms with van der Waals surface area (Å²) < 4.78 is 10.6. The fourth-order valence-electron chi connectivity index (χ4n) is 6.10. The number of hydrogen-bond acceptors (Lipinski definition) is 5. The van der Waals surface area contributed by atoms with Crippen LogP contribution >= 0.6 is 0 Å². The van der Waals surface area contributed by atoms with Crippen LogP contribution in [0.3, 0.4) is 0 Å². The first-order chi connectivity index (χ1) is 19.0. The summed E-state index contributed by atoms with van der Waals surface area (Å²) >= 11 is 0. The number of aliphatic hydroxyl groups is 1. The lowest BCUT2D eigenvalue weighted by Gasteiger charge is -2.32. The molecule has 0 unspecified atom stereocenters. The summed E-state index contributed by atoms with van der Waals surface area (Å²) in [7, 11) is 0. The summed E-state index contributed by atoms with van der Waals surface area (Å²) in [6.07, 6.45) is 2.82. The van der Waals surface area contributed by atoms with E-state index in [1.165, 1.54) is 12.8 Å². The summed E-state index contributed by atoms with van der Waals surface area (Å²) in [6, 6.07) is 11.6. The Bertz CT molecular complexity index is 1620. The van der Waals surface area contributed by atoms with Gasteiger partial charge in [0.1, 0.15) is 17.9 Å². The van der Waals surface area contributed by atoms with Gasteiger partial charge >= 0.3 is 6.09 Å². The number of rotatable bonds is 6. The summed E-state index contributed by atoms with van der Waals surface area (Å²) in [5, 5.41) is 22.5. The predicted octanol–water partition coefficient (Wildman–Crippen LogP) is 3.82. The molecule has 7 rings (SSSR count). The number of benzene rings is 2. The van der Waals surface area contributed by atoms with E-state index in [9.17, 15) is 14.7 Å². The molecule has 10 nitrogen and oxygen atoms in total. The van der Waals surface area contributed by atoms with E-state index in [1.54, 1.807) is 11.0 Å². The molecule has 0 radical (unpaired) electrons. The van der Waals surface area contributed by atoms with E-state index >= 15 is 0 Å². The molecule has 1 aliphatic carbocycles. The number of fused-ring (bicyclic) bond motifs is 1. The number of nitrogens with one attached hydrogen (secondary N) is 1. The van der Waals surface area contributed by atoms with E-state index < -0.39 is 6.09 Å². The highest BCUT2D eigenvalue weighted by Crippen LogP contribution is 2.39. The van der Waals surface area contributed by atoms with Gasteiger partial charge in [0.05, 0.1) is 24.4 Å². The van der Waals surface area contributed by atoms with Crippen LogP contribution in [0.5, 0.6) is 5.75 Å². The van der Waals surface area contributed by atoms with Gasteiger partial charge in [0.2, 0.25) is 0 Å². The fraction of sp³-hybridized carbons (Fsp3) is 0.414. The van der Waals surface area contributed by atoms with Gasteiger partial charge in [-0.15, -0.1) is 0 Å². The second-order valence-electron chi connectivity index (χ2n) is 11.0. The molecule has 2 amide bonds. The van der Waals surface area contributed by atoms with Crippen LogP contribution in [-0.2, 0) is 19.7 Å². The monoisotopic (exact) mass is 529 g/mol. The number of carbonyl (C=O) groups excluding carboxylic acids is 1. The number of imidazole rings is 1. The van der Waals surface area contributed by atoms with Crippen LogP contribution in [-0.4, -0.2) is 67.0 Å². The molecule has 0 bridgehead atoms. The van der Waals surface area contributed by atoms with Gasteiger partial charge in [0.25, 0.3) is 5.91 Å². The minimum Gasteiger partial charge on any atom is -0.489 e. The number of aliphatic hydroxyl groups excluding tert-OH is 1. The van der Waals surface area contributed by atoms with Gasteiger partial charge in [0.15, 0.2) is 5.82 Å². The second kappa shape index (κ2) is 9.30. The lowest BCUT2D eigenvalue weighted by atomic mass is 10.0. The molecule has 2 aliphatic heterocycles. The van der Waals surface area contributed by atoms with Gasteiger partial charge in [-0.05, 0) is 61.4 Å². The van der Waals surface area contributed by atoms with Gasteiger partial charge in [-0.2, -0.15) is 0 Å². The molecule has 2 fully saturated rings. The Morgan fingerprint density at radius 3 is 2.77 bits per heavy atom. The van der Waals surface area contributed by atoms with Crippen molar-refractivity contribution in [3.63, 3.8) is 0 Å². The fourth-order valence-corrected chi connectivity index (χ4v) is 6.10. The van der Waals surface area contributed by atoms with Crippen molar-refractivity contribution >= 4 is 33.9 Å². The van der Waals surface area contributed by atoms with Gasteiger partial charge in [-0.3, -0.25) is 4.79 Å². The van der Waals surface area contributed by atoms with Crippen LogP contribution in [0.1, 0.15) is 41.6 Å². The number of piperidine rings is 1. The van der Waals surface area contributed by atoms with Crippen LogP contribution in [0.4, 0.5) is 4.79 Å². The van der Waals surface area contributed by atoms with Crippen molar-refractivity contribution in [3.05, 3.63) is 47.5 Å². The number of carboxylic acid groups (broad SMARTS) is 1. The highest BCUT2D eigenvalue weighted by Gasteiger charge is 2.30. The van der Waals surface area contributed by atoms with Crippen molar-refractivity contribution in [2.45, 2.75) is 51.4 Å². The molecule has 39 heavy (non-hydrogen) atoms. The number of nitrogens with zero attached hydrogens (tertiary/aromatic N) is 4. The molecule has 3 aliphatic rings. The Morgan fingerprint density at radius 1 is 1.10 bits per heavy atom. The zero-order valence-corrected chi connectivity index (χ0v) is 21.6. The van der Waals surface area contributed by atoms with E-state index in [0.717, 1.165) is 46.5 Å². The van der Waals surface area contributed by atoms with Crippen LogP contribution in [0.15, 0.2) is 36.4 Å². The average Bonchev–Trinajstić information content (AvgIpc) is 3.59. The maximum Gasteiger partial charge on any atom is 0.404 e. The van der Waals surface area contributed by atoms with Gasteiger partial charge in [-0.25, -0.2) is 9.78 Å². The third-order valence-corrected chi connectivity index (χ3v) is 8.18. The smallest absolute Gasteiger partial charge is 0.404 e. The molecule has 0 spiro atoms. The summed E-state index contributed by atoms with van der Waals surface area (Å²) in [6.45, 7) is 2.98. The Kier molecular flexibility index (Phi) is 5.73. The van der Waals surface area contributed by atoms with Crippen molar-refractivity contribution < 1.29 is 24.5 Å². The third-order valence-electron chi connectivity index (χ3n) is 8.18. The SMILES string of the molecule is O=C(O)N[C@@H]1CCCN(C(=O)c2cc3c4c(c2)nc(-c2cc5ccc(CO)cc5n2CC2CC2)n4CCO3)C1. The summed E-state index contributed by atoms with van der Waals surface area (Å²) in [4.78, 5) is 31.4. The predicted molar refractivity (Wildman–Crippen MR) is 145 cm³/mol. The molecular weight excluding hydrogens is 498 g/mol. The topological polar surface area (TPSA) is 122 Å². The first-order valence-electron chi connectivity index (χ1n) is 13.7. The standard InChI is InChI=1S/C29H31N5O5/c35-16-18-5-6-19-12-24(34(23(19)10-18)14-17-3-4-17)27-31-22-11-20(13-25-26(22)33(27)8-9-39-25)28(36)32-7-1-2-21(15-32)30-29(37)38/h5-6,10-13,17,21,30,35H,1-4,7-9,14-16H2,(H,37,38)/t21-/m1/s1. The minimum atomic E-state index is -1.07. The third kappa shape index (κ3) is 4.28. The average molecular weight is 530 g/mol. The van der Waals surface area contributed by atoms with Crippen LogP contribution in [0.25, 0.3) is 33.5 Å². The number of ether oxygens (including phenoxy) is 1. The molecule has 1 atom stereocenters. The van der Waals surface area contributed by atoms with Crippen molar-refractivity contribution in [1.82, 2.24) is 24.3 Å². The molecular formula is C29H31N5O5. The van der Waals surface area contributed by atoms with Gasteiger partial charge in [0, 0.05) is 42.1 Å². The van der Waals surface area contributed by atoms with Gasteiger partial charge < -0.3 is 34.3 Å². The zero-order valence-electron chi connectivity index (χ0n) is 21.6. The van der Waals surface area contributed by atoms with Crippen molar-refractivity contribution in [2.75, 3.05) is 19.7 Å². The number of carbonyl (C=O) groups is 2. The maximum atomic E-state index is 13.5. The molecule has 4 heterocycles. The number of hydrogen-bond donors (Lipinski definition) is 3. The largest absolute Gasteiger partial charge is 0.489 e. The first kappa shape index (κ1) is 24.0. The Balaban J connectivity index is 1.30. The first-order valence-corrected chi connectivity index (χ1v) is 13.7. The molecule has 3 N–H and O–H groups in total. The van der Waals surface area contributed by atoms with E-state index in [2.05, 4.69) is 32.7 Å². The van der Waals surface area contributed by atoms with Gasteiger partial charge in [-0.1, -0.05) is 12.1 Å². The van der Waals surface area contributed by atoms with E-state index in [1.807, 2.05) is 12.1 Å². The number of likely N-dealkylation sites (tertiary alicyclic amines) is 1. The van der Waals surface area contributed by atoms with Crippen molar-refractivity contribution in [1.29, 1.82) is 0 Å². The Morgan fingerprint density at radius 2 is 1.97 bits per heavy atom. The lowest BCUT2D eigenvalue weighted by molar-refractivity contribution is 0.0692. The summed E-state index contributed by atoms with van der Waals surface area (Å²) in [5.74, 6) is 2.00. The molecule has 10 heteroatoms. The van der Waals surface area contributed by atoms with Crippen molar-refractivity contribution in [2.24, 2.45) is 5.92 Å². The molecule has 4 aromatic rings. The maximum absolute atomic E-state index is 13.5. The molecule has 202 valence electrons. The van der Waals surface area contributed by atoms with E-state index in [-0.39, 0.29) is 18.6 Å². The normalized spacial score (nSPS) is 18.9. The highest BCUT2D eigenvalue weighted by molar-refractivity contribution is 6.00. The van der Waals surface area contributed by atoms with Crippen LogP contribution < -0.4 is 10.1 Å². The zero-order chi connectivity index (χ0) is 26.7. The van der Waals surface area contributed by atoms with Crippen LogP contribution in [0, 0.1) is 5.92 Å². The Labute approximate surface area is 224 Å². The van der Waals surface area contributed by atoms with Crippen molar-refractivity contribution in [3.8, 4) is 17.3 Å². The number of amides is 2. The van der Waals surface area contributed by atoms with E-state index in [0.29, 0.717) is 55.4 Å². The molecule has 2 aromatic heterocycles. The second-order valence-corrected chi connectivity index (χ2v) is 11.0.